The Kier molecular flexibility index (Phi) is 5.33. The van der Waals surface area contributed by atoms with Gasteiger partial charge < -0.3 is 10.1 Å². The Bertz CT molecular complexity index is 400. The van der Waals surface area contributed by atoms with Crippen LogP contribution in [0.2, 0.25) is 0 Å². The van der Waals surface area contributed by atoms with E-state index in [0.717, 1.165) is 25.7 Å². The molecule has 0 radical (unpaired) electrons. The van der Waals surface area contributed by atoms with Gasteiger partial charge in [-0.15, -0.1) is 0 Å². The van der Waals surface area contributed by atoms with Crippen LogP contribution in [-0.2, 0) is 19.1 Å². The number of methoxy groups -OCH3 is 1. The first-order valence-corrected chi connectivity index (χ1v) is 7.68. The molecule has 3 atom stereocenters. The molecule has 118 valence electrons. The van der Waals surface area contributed by atoms with E-state index in [2.05, 4.69) is 5.32 Å². The van der Waals surface area contributed by atoms with Crippen LogP contribution in [-0.4, -0.2) is 48.9 Å². The van der Waals surface area contributed by atoms with E-state index in [1.165, 1.54) is 4.90 Å². The molecule has 1 heterocycles. The van der Waals surface area contributed by atoms with E-state index >= 15 is 0 Å². The van der Waals surface area contributed by atoms with Crippen molar-refractivity contribution < 1.29 is 19.1 Å². The highest BCUT2D eigenvalue weighted by Crippen LogP contribution is 2.37. The number of amides is 3. The SMILES string of the molecule is COC[C@@H](C)NC(=O)CCN1C(=O)[C@H]2CCCC[C@@H]2C1=O. The van der Waals surface area contributed by atoms with E-state index in [4.69, 9.17) is 4.74 Å². The zero-order chi connectivity index (χ0) is 15.4. The molecule has 0 aromatic heterocycles. The van der Waals surface area contributed by atoms with E-state index < -0.39 is 0 Å². The fraction of sp³-hybridized carbons (Fsp3) is 0.800. The molecule has 21 heavy (non-hydrogen) atoms. The van der Waals surface area contributed by atoms with Crippen molar-refractivity contribution in [2.24, 2.45) is 11.8 Å². The van der Waals surface area contributed by atoms with E-state index in [0.29, 0.717) is 6.61 Å². The number of carbonyl (C=O) groups is 3. The lowest BCUT2D eigenvalue weighted by Crippen LogP contribution is -2.39. The number of ether oxygens (including phenoxy) is 1. The summed E-state index contributed by atoms with van der Waals surface area (Å²) in [4.78, 5) is 37.6. The molecule has 1 N–H and O–H groups in total. The molecule has 6 nitrogen and oxygen atoms in total. The van der Waals surface area contributed by atoms with Crippen molar-refractivity contribution in [1.82, 2.24) is 10.2 Å². The lowest BCUT2D eigenvalue weighted by Gasteiger charge is -2.19. The molecule has 2 rings (SSSR count). The first-order valence-electron chi connectivity index (χ1n) is 7.68. The summed E-state index contributed by atoms with van der Waals surface area (Å²) in [7, 11) is 1.58. The smallest absolute Gasteiger partial charge is 0.233 e. The monoisotopic (exact) mass is 296 g/mol. The topological polar surface area (TPSA) is 75.7 Å². The van der Waals surface area contributed by atoms with E-state index in [9.17, 15) is 14.4 Å². The van der Waals surface area contributed by atoms with Crippen molar-refractivity contribution in [2.75, 3.05) is 20.3 Å². The van der Waals surface area contributed by atoms with E-state index in [1.807, 2.05) is 6.92 Å². The van der Waals surface area contributed by atoms with Gasteiger partial charge >= 0.3 is 0 Å². The summed E-state index contributed by atoms with van der Waals surface area (Å²) in [5.74, 6) is -0.594. The number of fused-ring (bicyclic) bond motifs is 1. The fourth-order valence-corrected chi connectivity index (χ4v) is 3.30. The number of hydrogen-bond acceptors (Lipinski definition) is 4. The Hall–Kier alpha value is -1.43. The zero-order valence-electron chi connectivity index (χ0n) is 12.8. The van der Waals surface area contributed by atoms with Crippen molar-refractivity contribution >= 4 is 17.7 Å². The third-order valence-corrected chi connectivity index (χ3v) is 4.32. The Balaban J connectivity index is 1.84. The number of imide groups is 1. The highest BCUT2D eigenvalue weighted by atomic mass is 16.5. The average molecular weight is 296 g/mol. The number of nitrogens with zero attached hydrogens (tertiary/aromatic N) is 1. The number of likely N-dealkylation sites (tertiary alicyclic amines) is 1. The van der Waals surface area contributed by atoms with Crippen molar-refractivity contribution in [3.05, 3.63) is 0 Å². The maximum atomic E-state index is 12.2. The fourth-order valence-electron chi connectivity index (χ4n) is 3.30. The standard InChI is InChI=1S/C15H24N2O4/c1-10(9-21-2)16-13(18)7-8-17-14(19)11-5-3-4-6-12(11)15(17)20/h10-12H,3-9H2,1-2H3,(H,16,18)/t10-,11+,12+/m1/s1. The van der Waals surface area contributed by atoms with Gasteiger partial charge in [0.1, 0.15) is 0 Å². The van der Waals surface area contributed by atoms with Gasteiger partial charge in [0.05, 0.1) is 18.4 Å². The second-order valence-corrected chi connectivity index (χ2v) is 6.00. The quantitative estimate of drug-likeness (QED) is 0.732. The van der Waals surface area contributed by atoms with Crippen molar-refractivity contribution in [3.8, 4) is 0 Å². The molecule has 2 fully saturated rings. The molecule has 3 amide bonds. The predicted molar refractivity (Wildman–Crippen MR) is 76.3 cm³/mol. The van der Waals surface area contributed by atoms with Crippen molar-refractivity contribution in [3.63, 3.8) is 0 Å². The summed E-state index contributed by atoms with van der Waals surface area (Å²) in [6.07, 6.45) is 3.81. The van der Waals surface area contributed by atoms with Gasteiger partial charge in [-0.25, -0.2) is 0 Å². The van der Waals surface area contributed by atoms with Crippen LogP contribution < -0.4 is 5.32 Å². The number of nitrogens with one attached hydrogen (secondary N) is 1. The van der Waals surface area contributed by atoms with Crippen LogP contribution in [0.5, 0.6) is 0 Å². The molecule has 0 aromatic carbocycles. The molecule has 1 saturated carbocycles. The summed E-state index contributed by atoms with van der Waals surface area (Å²) >= 11 is 0. The van der Waals surface area contributed by atoms with Gasteiger partial charge in [-0.05, 0) is 19.8 Å². The van der Waals surface area contributed by atoms with Gasteiger partial charge in [-0.1, -0.05) is 12.8 Å². The van der Waals surface area contributed by atoms with Gasteiger partial charge in [-0.3, -0.25) is 19.3 Å². The summed E-state index contributed by atoms with van der Waals surface area (Å²) < 4.78 is 4.95. The van der Waals surface area contributed by atoms with Gasteiger partial charge in [0.15, 0.2) is 0 Å². The maximum Gasteiger partial charge on any atom is 0.233 e. The van der Waals surface area contributed by atoms with Crippen LogP contribution in [0.25, 0.3) is 0 Å². The zero-order valence-corrected chi connectivity index (χ0v) is 12.8. The first kappa shape index (κ1) is 15.9. The summed E-state index contributed by atoms with van der Waals surface area (Å²) in [5.41, 5.74) is 0. The third kappa shape index (κ3) is 3.61. The van der Waals surface area contributed by atoms with Crippen LogP contribution >= 0.6 is 0 Å². The minimum atomic E-state index is -0.157. The van der Waals surface area contributed by atoms with Gasteiger partial charge in [0, 0.05) is 26.1 Å². The lowest BCUT2D eigenvalue weighted by atomic mass is 9.81. The number of carbonyl (C=O) groups excluding carboxylic acids is 3. The Morgan fingerprint density at radius 3 is 2.38 bits per heavy atom. The summed E-state index contributed by atoms with van der Waals surface area (Å²) in [6, 6.07) is -0.0740. The molecule has 1 aliphatic carbocycles. The van der Waals surface area contributed by atoms with Crippen LogP contribution in [0.3, 0.4) is 0 Å². The molecular formula is C15H24N2O4. The predicted octanol–water partition coefficient (Wildman–Crippen LogP) is 0.703. The third-order valence-electron chi connectivity index (χ3n) is 4.32. The summed E-state index contributed by atoms with van der Waals surface area (Å²) in [5, 5.41) is 2.78. The second kappa shape index (κ2) is 7.02. The maximum absolute atomic E-state index is 12.2. The molecule has 0 bridgehead atoms. The molecule has 6 heteroatoms. The van der Waals surface area contributed by atoms with Crippen LogP contribution in [0.15, 0.2) is 0 Å². The first-order chi connectivity index (χ1) is 10.0. The van der Waals surface area contributed by atoms with Crippen LogP contribution in [0, 0.1) is 11.8 Å². The van der Waals surface area contributed by atoms with Gasteiger partial charge in [-0.2, -0.15) is 0 Å². The number of hydrogen-bond donors (Lipinski definition) is 1. The van der Waals surface area contributed by atoms with Crippen molar-refractivity contribution in [2.45, 2.75) is 45.1 Å². The largest absolute Gasteiger partial charge is 0.383 e. The molecule has 0 aromatic rings. The van der Waals surface area contributed by atoms with Gasteiger partial charge in [0.2, 0.25) is 17.7 Å². The Morgan fingerprint density at radius 1 is 1.29 bits per heavy atom. The van der Waals surface area contributed by atoms with Crippen molar-refractivity contribution in [1.29, 1.82) is 0 Å². The van der Waals surface area contributed by atoms with Crippen LogP contribution in [0.4, 0.5) is 0 Å². The molecule has 2 aliphatic rings. The average Bonchev–Trinajstić information content (AvgIpc) is 2.70. The molecular weight excluding hydrogens is 272 g/mol. The Labute approximate surface area is 125 Å². The summed E-state index contributed by atoms with van der Waals surface area (Å²) in [6.45, 7) is 2.48. The molecule has 1 saturated heterocycles. The number of rotatable bonds is 6. The van der Waals surface area contributed by atoms with E-state index in [1.54, 1.807) is 7.11 Å². The van der Waals surface area contributed by atoms with E-state index in [-0.39, 0.29) is 48.6 Å². The minimum absolute atomic E-state index is 0.0740. The molecule has 1 aliphatic heterocycles. The van der Waals surface area contributed by atoms with Crippen LogP contribution in [0.1, 0.15) is 39.0 Å². The highest BCUT2D eigenvalue weighted by Gasteiger charge is 2.47. The molecule has 0 unspecified atom stereocenters. The second-order valence-electron chi connectivity index (χ2n) is 6.00. The van der Waals surface area contributed by atoms with Gasteiger partial charge in [0.25, 0.3) is 0 Å². The lowest BCUT2D eigenvalue weighted by molar-refractivity contribution is -0.140. The molecule has 0 spiro atoms. The highest BCUT2D eigenvalue weighted by molar-refractivity contribution is 6.05. The normalized spacial score (nSPS) is 26.7. The Morgan fingerprint density at radius 2 is 1.86 bits per heavy atom. The minimum Gasteiger partial charge on any atom is -0.383 e.